The van der Waals surface area contributed by atoms with E-state index in [0.717, 1.165) is 61.3 Å². The van der Waals surface area contributed by atoms with E-state index in [2.05, 4.69) is 61.0 Å². The lowest BCUT2D eigenvalue weighted by Gasteiger charge is -2.13. The summed E-state index contributed by atoms with van der Waals surface area (Å²) in [6.07, 6.45) is 4.42. The smallest absolute Gasteiger partial charge is 0.223 e. The van der Waals surface area contributed by atoms with Crippen LogP contribution in [0.25, 0.3) is 11.0 Å². The maximum atomic E-state index is 12.2. The summed E-state index contributed by atoms with van der Waals surface area (Å²) >= 11 is 0. The molecule has 0 aliphatic rings. The van der Waals surface area contributed by atoms with Crippen LogP contribution in [-0.2, 0) is 17.8 Å². The number of aryl methyl sites for hydroxylation is 3. The van der Waals surface area contributed by atoms with Gasteiger partial charge in [0.25, 0.3) is 0 Å². The number of ether oxygens (including phenoxy) is 1. The fourth-order valence-corrected chi connectivity index (χ4v) is 3.87. The molecule has 1 N–H and O–H groups in total. The number of carbonyl (C=O) groups is 1. The number of nitrogens with one attached hydrogen (secondary N) is 1. The topological polar surface area (TPSA) is 56.2 Å². The Morgan fingerprint density at radius 1 is 1.06 bits per heavy atom. The fourth-order valence-electron chi connectivity index (χ4n) is 3.87. The number of amides is 1. The van der Waals surface area contributed by atoms with Gasteiger partial charge in [-0.05, 0) is 56.9 Å². The van der Waals surface area contributed by atoms with Crippen LogP contribution in [0.2, 0.25) is 0 Å². The van der Waals surface area contributed by atoms with Crippen molar-refractivity contribution in [2.75, 3.05) is 13.2 Å². The Morgan fingerprint density at radius 3 is 2.55 bits per heavy atom. The molecule has 0 saturated heterocycles. The van der Waals surface area contributed by atoms with Gasteiger partial charge in [0.05, 0.1) is 17.6 Å². The summed E-state index contributed by atoms with van der Waals surface area (Å²) in [4.78, 5) is 17.0. The van der Waals surface area contributed by atoms with Crippen LogP contribution >= 0.6 is 0 Å². The molecule has 5 heteroatoms. The van der Waals surface area contributed by atoms with Crippen molar-refractivity contribution in [3.05, 3.63) is 59.9 Å². The van der Waals surface area contributed by atoms with Crippen LogP contribution in [0.4, 0.5) is 0 Å². The fraction of sp³-hybridized carbons (Fsp3) is 0.462. The summed E-state index contributed by atoms with van der Waals surface area (Å²) in [6.45, 7) is 8.43. The van der Waals surface area contributed by atoms with E-state index in [1.807, 2.05) is 18.2 Å². The van der Waals surface area contributed by atoms with Crippen molar-refractivity contribution >= 4 is 16.9 Å². The molecular weight excluding hydrogens is 386 g/mol. The second-order valence-electron chi connectivity index (χ2n) is 8.09. The minimum Gasteiger partial charge on any atom is -0.494 e. The zero-order chi connectivity index (χ0) is 22.1. The summed E-state index contributed by atoms with van der Waals surface area (Å²) in [7, 11) is 0. The predicted octanol–water partition coefficient (Wildman–Crippen LogP) is 5.30. The number of rotatable bonds is 12. The third kappa shape index (κ3) is 6.33. The van der Waals surface area contributed by atoms with Gasteiger partial charge in [0, 0.05) is 25.4 Å². The van der Waals surface area contributed by atoms with E-state index in [1.165, 1.54) is 5.56 Å². The molecule has 0 atom stereocenters. The van der Waals surface area contributed by atoms with Gasteiger partial charge in [-0.1, -0.05) is 43.7 Å². The van der Waals surface area contributed by atoms with E-state index in [9.17, 15) is 4.79 Å². The molecule has 166 valence electrons. The lowest BCUT2D eigenvalue weighted by molar-refractivity contribution is -0.125. The van der Waals surface area contributed by atoms with Gasteiger partial charge < -0.3 is 14.6 Å². The zero-order valence-corrected chi connectivity index (χ0v) is 19.1. The van der Waals surface area contributed by atoms with Crippen LogP contribution in [0.1, 0.15) is 50.9 Å². The number of nitrogens with zero attached hydrogens (tertiary/aromatic N) is 2. The van der Waals surface area contributed by atoms with Gasteiger partial charge in [-0.15, -0.1) is 0 Å². The van der Waals surface area contributed by atoms with Gasteiger partial charge in [-0.25, -0.2) is 4.98 Å². The van der Waals surface area contributed by atoms with E-state index in [1.54, 1.807) is 0 Å². The van der Waals surface area contributed by atoms with Crippen LogP contribution in [0.3, 0.4) is 0 Å². The Labute approximate surface area is 185 Å². The lowest BCUT2D eigenvalue weighted by Crippen LogP contribution is -2.31. The summed E-state index contributed by atoms with van der Waals surface area (Å²) in [5.74, 6) is 2.28. The maximum Gasteiger partial charge on any atom is 0.223 e. The Morgan fingerprint density at radius 2 is 1.81 bits per heavy atom. The molecule has 5 nitrogen and oxygen atoms in total. The first-order valence-corrected chi connectivity index (χ1v) is 11.5. The number of hydrogen-bond acceptors (Lipinski definition) is 3. The third-order valence-electron chi connectivity index (χ3n) is 5.78. The van der Waals surface area contributed by atoms with Crippen LogP contribution in [0, 0.1) is 12.8 Å². The van der Waals surface area contributed by atoms with Crippen molar-refractivity contribution in [1.29, 1.82) is 0 Å². The second kappa shape index (κ2) is 11.5. The van der Waals surface area contributed by atoms with Gasteiger partial charge in [0.2, 0.25) is 5.91 Å². The maximum absolute atomic E-state index is 12.2. The molecule has 0 unspecified atom stereocenters. The average Bonchev–Trinajstić information content (AvgIpc) is 3.14. The van der Waals surface area contributed by atoms with E-state index < -0.39 is 0 Å². The summed E-state index contributed by atoms with van der Waals surface area (Å²) in [6, 6.07) is 16.4. The average molecular weight is 422 g/mol. The number of para-hydroxylation sites is 2. The first-order valence-electron chi connectivity index (χ1n) is 11.5. The molecule has 0 spiro atoms. The van der Waals surface area contributed by atoms with E-state index in [4.69, 9.17) is 9.72 Å². The monoisotopic (exact) mass is 421 g/mol. The van der Waals surface area contributed by atoms with Crippen molar-refractivity contribution in [3.8, 4) is 5.75 Å². The molecule has 0 bridgehead atoms. The second-order valence-corrected chi connectivity index (χ2v) is 8.09. The highest BCUT2D eigenvalue weighted by Crippen LogP contribution is 2.18. The molecule has 0 aliphatic heterocycles. The van der Waals surface area contributed by atoms with Crippen LogP contribution in [0.15, 0.2) is 48.5 Å². The van der Waals surface area contributed by atoms with Crippen LogP contribution in [-0.4, -0.2) is 28.6 Å². The molecule has 1 aromatic heterocycles. The van der Waals surface area contributed by atoms with E-state index >= 15 is 0 Å². The molecule has 2 aromatic carbocycles. The quantitative estimate of drug-likeness (QED) is 0.404. The highest BCUT2D eigenvalue weighted by atomic mass is 16.5. The molecule has 1 heterocycles. The number of benzene rings is 2. The molecule has 0 aliphatic carbocycles. The standard InChI is InChI=1S/C26H35N3O2/c1-4-21(5-2)26(30)27-17-8-12-25-28-23-10-6-7-11-24(23)29(25)18-9-19-31-22-15-13-20(3)14-16-22/h6-7,10-11,13-16,21H,4-5,8-9,12,17-19H2,1-3H3,(H,27,30). The SMILES string of the molecule is CCC(CC)C(=O)NCCCc1nc2ccccc2n1CCCOc1ccc(C)cc1. The van der Waals surface area contributed by atoms with Gasteiger partial charge in [0.1, 0.15) is 11.6 Å². The first kappa shape index (κ1) is 22.9. The van der Waals surface area contributed by atoms with Crippen molar-refractivity contribution in [2.24, 2.45) is 5.92 Å². The van der Waals surface area contributed by atoms with Crippen LogP contribution in [0.5, 0.6) is 5.75 Å². The van der Waals surface area contributed by atoms with Crippen molar-refractivity contribution in [2.45, 2.75) is 59.4 Å². The first-order chi connectivity index (χ1) is 15.1. The highest BCUT2D eigenvalue weighted by Gasteiger charge is 2.14. The molecule has 0 radical (unpaired) electrons. The lowest BCUT2D eigenvalue weighted by atomic mass is 10.0. The van der Waals surface area contributed by atoms with E-state index in [-0.39, 0.29) is 11.8 Å². The van der Waals surface area contributed by atoms with Crippen LogP contribution < -0.4 is 10.1 Å². The minimum atomic E-state index is 0.123. The number of hydrogen-bond donors (Lipinski definition) is 1. The normalized spacial score (nSPS) is 11.2. The molecule has 3 rings (SSSR count). The van der Waals surface area contributed by atoms with E-state index in [0.29, 0.717) is 13.2 Å². The molecule has 0 saturated carbocycles. The molecule has 3 aromatic rings. The number of carbonyl (C=O) groups excluding carboxylic acids is 1. The predicted molar refractivity (Wildman–Crippen MR) is 126 cm³/mol. The molecular formula is C26H35N3O2. The molecule has 31 heavy (non-hydrogen) atoms. The largest absolute Gasteiger partial charge is 0.494 e. The third-order valence-corrected chi connectivity index (χ3v) is 5.78. The van der Waals surface area contributed by atoms with Gasteiger partial charge in [-0.2, -0.15) is 0 Å². The Balaban J connectivity index is 1.55. The van der Waals surface area contributed by atoms with Gasteiger partial charge in [-0.3, -0.25) is 4.79 Å². The summed E-state index contributed by atoms with van der Waals surface area (Å²) in [5.41, 5.74) is 3.42. The van der Waals surface area contributed by atoms with Crippen molar-refractivity contribution in [3.63, 3.8) is 0 Å². The van der Waals surface area contributed by atoms with Crippen molar-refractivity contribution < 1.29 is 9.53 Å². The zero-order valence-electron chi connectivity index (χ0n) is 19.1. The van der Waals surface area contributed by atoms with Crippen molar-refractivity contribution in [1.82, 2.24) is 14.9 Å². The summed E-state index contributed by atoms with van der Waals surface area (Å²) < 4.78 is 8.20. The number of imidazole rings is 1. The molecule has 1 amide bonds. The minimum absolute atomic E-state index is 0.123. The number of aromatic nitrogens is 2. The van der Waals surface area contributed by atoms with Gasteiger partial charge in [0.15, 0.2) is 0 Å². The molecule has 0 fully saturated rings. The highest BCUT2D eigenvalue weighted by molar-refractivity contribution is 5.78. The summed E-state index contributed by atoms with van der Waals surface area (Å²) in [5, 5.41) is 3.09. The number of fused-ring (bicyclic) bond motifs is 1. The Hall–Kier alpha value is -2.82. The Bertz CT molecular complexity index is 958. The van der Waals surface area contributed by atoms with Gasteiger partial charge >= 0.3 is 0 Å². The Kier molecular flexibility index (Phi) is 8.51.